The molecule has 2 heteroatoms. The number of aromatic hydroxyl groups is 1. The van der Waals surface area contributed by atoms with Gasteiger partial charge in [-0.1, -0.05) is 0 Å². The van der Waals surface area contributed by atoms with Gasteiger partial charge in [0.1, 0.15) is 0 Å². The Kier molecular flexibility index (Phi) is 3.46. The Hall–Kier alpha value is -0.357. The van der Waals surface area contributed by atoms with Crippen LogP contribution in [0.2, 0.25) is 0 Å². The number of rotatable bonds is 0. The van der Waals surface area contributed by atoms with Crippen molar-refractivity contribution in [2.24, 2.45) is 0 Å². The molecule has 0 spiro atoms. The Bertz CT molecular complexity index is 138. The van der Waals surface area contributed by atoms with E-state index in [1.165, 1.54) is 6.07 Å². The van der Waals surface area contributed by atoms with Gasteiger partial charge in [0.25, 0.3) is 0 Å². The molecule has 0 heterocycles. The Balaban J connectivity index is 0.000000490. The third-order valence-corrected chi connectivity index (χ3v) is 0.691. The molecule has 0 saturated carbocycles. The van der Waals surface area contributed by atoms with Crippen molar-refractivity contribution in [1.82, 2.24) is 0 Å². The predicted molar refractivity (Wildman–Crippen MR) is 26.9 cm³/mol. The summed E-state index contributed by atoms with van der Waals surface area (Å²) in [5, 5.41) is 8.60. The Labute approximate surface area is 61.1 Å². The zero-order chi connectivity index (χ0) is 5.11. The van der Waals surface area contributed by atoms with E-state index in [2.05, 4.69) is 6.07 Å². The van der Waals surface area contributed by atoms with Gasteiger partial charge in [0.15, 0.2) is 0 Å². The fourth-order valence-corrected chi connectivity index (χ4v) is 0.384. The molecule has 0 unspecified atom stereocenters. The van der Waals surface area contributed by atoms with Gasteiger partial charge in [-0.25, -0.2) is 0 Å². The molecule has 0 radical (unpaired) electrons. The molecule has 0 aliphatic heterocycles. The summed E-state index contributed by atoms with van der Waals surface area (Å²) in [5.41, 5.74) is 0. The molecular weight excluding hydrogens is 153 g/mol. The Morgan fingerprint density at radius 3 is 2.50 bits per heavy atom. The van der Waals surface area contributed by atoms with Crippen molar-refractivity contribution in [2.75, 3.05) is 0 Å². The first-order valence-electron chi connectivity index (χ1n) is 2.04. The van der Waals surface area contributed by atoms with Crippen molar-refractivity contribution in [2.45, 2.75) is 0 Å². The van der Waals surface area contributed by atoms with Gasteiger partial charge in [-0.05, 0) is 0 Å². The van der Waals surface area contributed by atoms with Gasteiger partial charge >= 0.3 is 0 Å². The fraction of sp³-hybridized carbons (Fsp3) is 0. The molecule has 0 fully saturated rings. The molecule has 0 atom stereocenters. The molecule has 1 rings (SSSR count). The summed E-state index contributed by atoms with van der Waals surface area (Å²) in [6, 6.07) is 9.30. The molecule has 1 aromatic carbocycles. The maximum atomic E-state index is 8.60. The number of hydrogen-bond donors (Lipinski definition) is 1. The molecule has 1 N–H and O–H groups in total. The van der Waals surface area contributed by atoms with Crippen LogP contribution in [0.5, 0.6) is 5.75 Å². The van der Waals surface area contributed by atoms with Crippen LogP contribution in [-0.4, -0.2) is 5.11 Å². The van der Waals surface area contributed by atoms with E-state index < -0.39 is 0 Å². The first-order valence-corrected chi connectivity index (χ1v) is 2.04. The standard InChI is InChI=1S/C6H5O.Zn/c7-6-4-2-1-3-5-6;/h1-2,4-5,7H;/q-1;. The quantitative estimate of drug-likeness (QED) is 0.444. The summed E-state index contributed by atoms with van der Waals surface area (Å²) < 4.78 is 0. The average molecular weight is 158 g/mol. The average Bonchev–Trinajstić information content (AvgIpc) is 1.69. The summed E-state index contributed by atoms with van der Waals surface area (Å²) in [4.78, 5) is 0. The normalized spacial score (nSPS) is 7.50. The molecule has 0 aromatic heterocycles. The summed E-state index contributed by atoms with van der Waals surface area (Å²) in [6.07, 6.45) is 0. The summed E-state index contributed by atoms with van der Waals surface area (Å²) in [7, 11) is 0. The Morgan fingerprint density at radius 2 is 2.25 bits per heavy atom. The van der Waals surface area contributed by atoms with Crippen LogP contribution in [-0.2, 0) is 19.5 Å². The second-order valence-electron chi connectivity index (χ2n) is 1.26. The third kappa shape index (κ3) is 2.08. The van der Waals surface area contributed by atoms with Crippen LogP contribution < -0.4 is 0 Å². The van der Waals surface area contributed by atoms with Gasteiger partial charge in [-0.15, -0.1) is 12.1 Å². The van der Waals surface area contributed by atoms with E-state index in [4.69, 9.17) is 5.11 Å². The van der Waals surface area contributed by atoms with Gasteiger partial charge in [-0.2, -0.15) is 18.2 Å². The van der Waals surface area contributed by atoms with E-state index in [1.54, 1.807) is 18.2 Å². The molecule has 0 bridgehead atoms. The van der Waals surface area contributed by atoms with Crippen molar-refractivity contribution in [3.8, 4) is 5.75 Å². The minimum absolute atomic E-state index is 0. The molecular formula is C6H5OZn-. The van der Waals surface area contributed by atoms with E-state index in [1.807, 2.05) is 0 Å². The van der Waals surface area contributed by atoms with Crippen molar-refractivity contribution >= 4 is 0 Å². The van der Waals surface area contributed by atoms with E-state index in [0.717, 1.165) is 0 Å². The maximum Gasteiger partial charge on any atom is 0.00321 e. The van der Waals surface area contributed by atoms with Crippen LogP contribution in [0, 0.1) is 6.07 Å². The van der Waals surface area contributed by atoms with Gasteiger partial charge in [0.05, 0.1) is 0 Å². The third-order valence-electron chi connectivity index (χ3n) is 0.691. The molecule has 0 saturated heterocycles. The zero-order valence-electron chi connectivity index (χ0n) is 4.46. The van der Waals surface area contributed by atoms with Gasteiger partial charge in [-0.3, -0.25) is 0 Å². The van der Waals surface area contributed by atoms with Crippen LogP contribution in [0.1, 0.15) is 0 Å². The minimum atomic E-state index is 0. The van der Waals surface area contributed by atoms with E-state index in [-0.39, 0.29) is 25.2 Å². The van der Waals surface area contributed by atoms with Crippen molar-refractivity contribution in [3.05, 3.63) is 30.3 Å². The van der Waals surface area contributed by atoms with Crippen LogP contribution >= 0.6 is 0 Å². The topological polar surface area (TPSA) is 20.2 Å². The largest absolute Gasteiger partial charge is 0.566 e. The van der Waals surface area contributed by atoms with Gasteiger partial charge in [0, 0.05) is 25.2 Å². The van der Waals surface area contributed by atoms with Gasteiger partial charge in [0.2, 0.25) is 0 Å². The van der Waals surface area contributed by atoms with Crippen LogP contribution in [0.3, 0.4) is 0 Å². The summed E-state index contributed by atoms with van der Waals surface area (Å²) in [5.74, 6) is 0.266. The van der Waals surface area contributed by atoms with Crippen LogP contribution in [0.4, 0.5) is 0 Å². The molecule has 0 aliphatic rings. The van der Waals surface area contributed by atoms with Crippen LogP contribution in [0.25, 0.3) is 0 Å². The fourth-order valence-electron chi connectivity index (χ4n) is 0.384. The molecule has 0 amide bonds. The van der Waals surface area contributed by atoms with Crippen molar-refractivity contribution < 1.29 is 24.6 Å². The monoisotopic (exact) mass is 157 g/mol. The summed E-state index contributed by atoms with van der Waals surface area (Å²) in [6.45, 7) is 0. The molecule has 0 aliphatic carbocycles. The maximum absolute atomic E-state index is 8.60. The number of hydrogen-bond acceptors (Lipinski definition) is 1. The molecule has 8 heavy (non-hydrogen) atoms. The van der Waals surface area contributed by atoms with E-state index in [9.17, 15) is 0 Å². The van der Waals surface area contributed by atoms with Crippen molar-refractivity contribution in [1.29, 1.82) is 0 Å². The SMILES string of the molecule is Oc1c[c-]ccc1.[Zn]. The predicted octanol–water partition coefficient (Wildman–Crippen LogP) is 1.19. The Morgan fingerprint density at radius 1 is 1.50 bits per heavy atom. The first kappa shape index (κ1) is 7.64. The van der Waals surface area contributed by atoms with Crippen LogP contribution in [0.15, 0.2) is 24.3 Å². The number of benzene rings is 1. The van der Waals surface area contributed by atoms with Gasteiger partial charge < -0.3 is 5.11 Å². The molecule has 1 nitrogen and oxygen atoms in total. The number of phenols is 1. The van der Waals surface area contributed by atoms with E-state index in [0.29, 0.717) is 0 Å². The molecule has 1 aromatic rings. The zero-order valence-corrected chi connectivity index (χ0v) is 7.43. The smallest absolute Gasteiger partial charge is 0.00321 e. The second-order valence-corrected chi connectivity index (χ2v) is 1.26. The first-order chi connectivity index (χ1) is 3.39. The van der Waals surface area contributed by atoms with E-state index >= 15 is 0 Å². The second kappa shape index (κ2) is 3.62. The summed E-state index contributed by atoms with van der Waals surface area (Å²) >= 11 is 0. The molecule has 38 valence electrons. The van der Waals surface area contributed by atoms with Crippen molar-refractivity contribution in [3.63, 3.8) is 0 Å². The minimum Gasteiger partial charge on any atom is -0.566 e. The number of phenolic OH excluding ortho intramolecular Hbond substituents is 1.